The van der Waals surface area contributed by atoms with Crippen LogP contribution in [0.4, 0.5) is 0 Å². The highest BCUT2D eigenvalue weighted by Gasteiger charge is 2.59. The number of hydrogen-bond donors (Lipinski definition) is 1. The molecule has 0 spiro atoms. The van der Waals surface area contributed by atoms with E-state index in [1.165, 1.54) is 12.8 Å². The molecule has 0 saturated heterocycles. The molecule has 1 amide bonds. The monoisotopic (exact) mass is 529 g/mol. The molecule has 2 saturated carbocycles. The van der Waals surface area contributed by atoms with Crippen LogP contribution in [-0.2, 0) is 0 Å². The van der Waals surface area contributed by atoms with Crippen molar-refractivity contribution in [2.24, 2.45) is 16.7 Å². The number of fused-ring (bicyclic) bond motifs is 2. The molecule has 2 aliphatic carbocycles. The van der Waals surface area contributed by atoms with Crippen molar-refractivity contribution in [3.8, 4) is 11.3 Å². The molecule has 1 unspecified atom stereocenters. The Hall–Kier alpha value is -2.01. The lowest BCUT2D eigenvalue weighted by molar-refractivity contribution is 0.0732. The van der Waals surface area contributed by atoms with E-state index in [1.54, 1.807) is 6.07 Å². The van der Waals surface area contributed by atoms with Gasteiger partial charge in [-0.15, -0.1) is 0 Å². The van der Waals surface area contributed by atoms with Crippen LogP contribution in [0, 0.1) is 16.7 Å². The normalized spacial score (nSPS) is 25.6. The van der Waals surface area contributed by atoms with Crippen LogP contribution in [0.1, 0.15) is 69.1 Å². The fourth-order valence-electron chi connectivity index (χ4n) is 6.48. The smallest absolute Gasteiger partial charge is 0.272 e. The van der Waals surface area contributed by atoms with Gasteiger partial charge in [0, 0.05) is 21.1 Å². The predicted molar refractivity (Wildman–Crippen MR) is 143 cm³/mol. The second-order valence-corrected chi connectivity index (χ2v) is 12.3. The quantitative estimate of drug-likeness (QED) is 0.362. The van der Waals surface area contributed by atoms with Crippen LogP contribution >= 0.6 is 34.8 Å². The first-order valence-corrected chi connectivity index (χ1v) is 13.2. The maximum absolute atomic E-state index is 13.6. The van der Waals surface area contributed by atoms with Gasteiger partial charge in [-0.25, -0.2) is 0 Å². The lowest BCUT2D eigenvalue weighted by Gasteiger charge is -2.43. The minimum atomic E-state index is -0.219. The third-order valence-corrected chi connectivity index (χ3v) is 9.25. The van der Waals surface area contributed by atoms with Gasteiger partial charge < -0.3 is 5.32 Å². The molecular weight excluding hydrogens is 501 g/mol. The Balaban J connectivity index is 1.52. The van der Waals surface area contributed by atoms with Gasteiger partial charge in [-0.2, -0.15) is 5.10 Å². The van der Waals surface area contributed by atoms with Gasteiger partial charge in [-0.3, -0.25) is 9.48 Å². The van der Waals surface area contributed by atoms with E-state index in [4.69, 9.17) is 39.9 Å². The Morgan fingerprint density at radius 1 is 1.06 bits per heavy atom. The summed E-state index contributed by atoms with van der Waals surface area (Å²) in [5.74, 6) is 0.507. The van der Waals surface area contributed by atoms with Gasteiger partial charge >= 0.3 is 0 Å². The van der Waals surface area contributed by atoms with E-state index in [0.29, 0.717) is 26.7 Å². The predicted octanol–water partition coefficient (Wildman–Crippen LogP) is 8.06. The van der Waals surface area contributed by atoms with Crippen LogP contribution in [0.25, 0.3) is 11.3 Å². The molecule has 3 aromatic rings. The number of halogens is 3. The van der Waals surface area contributed by atoms with E-state index in [0.717, 1.165) is 23.2 Å². The topological polar surface area (TPSA) is 46.9 Å². The van der Waals surface area contributed by atoms with E-state index < -0.39 is 0 Å². The van der Waals surface area contributed by atoms with E-state index in [9.17, 15) is 4.79 Å². The Bertz CT molecular complexity index is 1280. The third kappa shape index (κ3) is 4.28. The summed E-state index contributed by atoms with van der Waals surface area (Å²) in [5.41, 5.74) is 3.22. The minimum absolute atomic E-state index is 0.0638. The first kappa shape index (κ1) is 24.7. The zero-order valence-electron chi connectivity index (χ0n) is 20.4. The molecule has 2 aromatic carbocycles. The molecule has 4 nitrogen and oxygen atoms in total. The Kier molecular flexibility index (Phi) is 6.22. The second kappa shape index (κ2) is 8.83. The number of benzene rings is 2. The summed E-state index contributed by atoms with van der Waals surface area (Å²) in [6.07, 6.45) is 3.56. The van der Waals surface area contributed by atoms with E-state index in [2.05, 4.69) is 26.1 Å². The molecule has 35 heavy (non-hydrogen) atoms. The molecule has 2 aliphatic rings. The molecule has 1 heterocycles. The molecule has 1 aromatic heterocycles. The van der Waals surface area contributed by atoms with Crippen molar-refractivity contribution in [3.63, 3.8) is 0 Å². The summed E-state index contributed by atoms with van der Waals surface area (Å²) in [5, 5.41) is 9.97. The lowest BCUT2D eigenvalue weighted by atomic mass is 9.68. The van der Waals surface area contributed by atoms with Crippen molar-refractivity contribution in [1.29, 1.82) is 0 Å². The number of carbonyl (C=O) groups excluding carboxylic acids is 1. The Morgan fingerprint density at radius 3 is 2.37 bits per heavy atom. The number of aromatic nitrogens is 2. The molecule has 0 radical (unpaired) electrons. The highest BCUT2D eigenvalue weighted by atomic mass is 35.5. The minimum Gasteiger partial charge on any atom is -0.347 e. The standard InChI is InChI=1S/C28H30Cl3N3O/c1-16(21-10-9-20(30)13-22(21)31)34-24(17-5-7-19(29)8-6-17)14-23(33-34)25(35)32-26-27(2,3)18-11-12-28(26,4)15-18/h5-10,13-14,16,18,26H,11-12,15H2,1-4H3,(H,32,35)/t16-,18?,26-,28+/m1/s1. The van der Waals surface area contributed by atoms with Crippen molar-refractivity contribution in [1.82, 2.24) is 15.1 Å². The van der Waals surface area contributed by atoms with E-state index in [-0.39, 0.29) is 28.8 Å². The fourth-order valence-corrected chi connectivity index (χ4v) is 7.17. The summed E-state index contributed by atoms with van der Waals surface area (Å²) in [6, 6.07) is 14.8. The molecule has 4 atom stereocenters. The molecular formula is C28H30Cl3N3O. The van der Waals surface area contributed by atoms with Crippen LogP contribution in [0.5, 0.6) is 0 Å². The summed E-state index contributed by atoms with van der Waals surface area (Å²) in [6.45, 7) is 8.91. The summed E-state index contributed by atoms with van der Waals surface area (Å²) >= 11 is 18.8. The molecule has 0 aliphatic heterocycles. The van der Waals surface area contributed by atoms with Crippen LogP contribution in [0.15, 0.2) is 48.5 Å². The van der Waals surface area contributed by atoms with Gasteiger partial charge in [0.2, 0.25) is 0 Å². The van der Waals surface area contributed by atoms with Gasteiger partial charge in [0.1, 0.15) is 0 Å². The van der Waals surface area contributed by atoms with Gasteiger partial charge in [-0.05, 0) is 84.4 Å². The van der Waals surface area contributed by atoms with Crippen molar-refractivity contribution in [3.05, 3.63) is 74.9 Å². The molecule has 2 bridgehead atoms. The largest absolute Gasteiger partial charge is 0.347 e. The number of hydrogen-bond acceptors (Lipinski definition) is 2. The summed E-state index contributed by atoms with van der Waals surface area (Å²) in [4.78, 5) is 13.6. The van der Waals surface area contributed by atoms with Crippen molar-refractivity contribution >= 4 is 40.7 Å². The number of amides is 1. The maximum atomic E-state index is 13.6. The fraction of sp³-hybridized carbons (Fsp3) is 0.429. The Morgan fingerprint density at radius 2 is 1.74 bits per heavy atom. The highest BCUT2D eigenvalue weighted by Crippen LogP contribution is 2.62. The molecule has 184 valence electrons. The number of nitrogens with one attached hydrogen (secondary N) is 1. The lowest BCUT2D eigenvalue weighted by Crippen LogP contribution is -2.52. The van der Waals surface area contributed by atoms with Crippen LogP contribution in [-0.4, -0.2) is 21.7 Å². The first-order chi connectivity index (χ1) is 16.5. The molecule has 5 rings (SSSR count). The highest BCUT2D eigenvalue weighted by molar-refractivity contribution is 6.35. The van der Waals surface area contributed by atoms with Gasteiger partial charge in [0.15, 0.2) is 5.69 Å². The zero-order chi connectivity index (χ0) is 25.1. The SMILES string of the molecule is C[C@H](c1ccc(Cl)cc1Cl)n1nc(C(=O)N[C@@H]2C(C)(C)C3CC[C@@]2(C)C3)cc1-c1ccc(Cl)cc1. The zero-order valence-corrected chi connectivity index (χ0v) is 22.7. The molecule has 2 fully saturated rings. The van der Waals surface area contributed by atoms with E-state index in [1.807, 2.05) is 54.1 Å². The van der Waals surface area contributed by atoms with Gasteiger partial charge in [-0.1, -0.05) is 73.8 Å². The van der Waals surface area contributed by atoms with Gasteiger partial charge in [0.25, 0.3) is 5.91 Å². The Labute approximate surface area is 222 Å². The van der Waals surface area contributed by atoms with Crippen molar-refractivity contribution in [2.75, 3.05) is 0 Å². The van der Waals surface area contributed by atoms with Crippen LogP contribution in [0.2, 0.25) is 15.1 Å². The van der Waals surface area contributed by atoms with Crippen LogP contribution in [0.3, 0.4) is 0 Å². The molecule has 1 N–H and O–H groups in total. The number of rotatable bonds is 5. The molecule has 7 heteroatoms. The van der Waals surface area contributed by atoms with Gasteiger partial charge in [0.05, 0.1) is 11.7 Å². The third-order valence-electron chi connectivity index (χ3n) is 8.43. The average Bonchev–Trinajstić information content (AvgIpc) is 3.46. The average molecular weight is 531 g/mol. The summed E-state index contributed by atoms with van der Waals surface area (Å²) in [7, 11) is 0. The van der Waals surface area contributed by atoms with Crippen molar-refractivity contribution in [2.45, 2.75) is 59.0 Å². The first-order valence-electron chi connectivity index (χ1n) is 12.1. The van der Waals surface area contributed by atoms with Crippen molar-refractivity contribution < 1.29 is 4.79 Å². The summed E-state index contributed by atoms with van der Waals surface area (Å²) < 4.78 is 1.86. The second-order valence-electron chi connectivity index (χ2n) is 11.0. The van der Waals surface area contributed by atoms with Crippen LogP contribution < -0.4 is 5.32 Å². The van der Waals surface area contributed by atoms with E-state index >= 15 is 0 Å². The number of carbonyl (C=O) groups is 1. The number of nitrogens with zero attached hydrogens (tertiary/aromatic N) is 2. The maximum Gasteiger partial charge on any atom is 0.272 e.